The van der Waals surface area contributed by atoms with Crippen molar-refractivity contribution in [2.75, 3.05) is 96.2 Å². The molecule has 2 aliphatic rings. The quantitative estimate of drug-likeness (QED) is 0.220. The molecule has 2 aliphatic heterocycles. The summed E-state index contributed by atoms with van der Waals surface area (Å²) in [5.74, 6) is 0.205. The van der Waals surface area contributed by atoms with E-state index in [0.717, 1.165) is 70.7 Å². The van der Waals surface area contributed by atoms with Crippen LogP contribution in [0.5, 0.6) is 5.75 Å². The topological polar surface area (TPSA) is 142 Å². The van der Waals surface area contributed by atoms with Gasteiger partial charge in [0.2, 0.25) is 0 Å². The normalized spacial score (nSPS) is 17.0. The summed E-state index contributed by atoms with van der Waals surface area (Å²) in [6.07, 6.45) is 3.88. The van der Waals surface area contributed by atoms with E-state index in [1.807, 2.05) is 18.2 Å². The Morgan fingerprint density at radius 2 is 1.76 bits per heavy atom. The number of aromatic nitrogens is 2. The molecule has 2 fully saturated rings. The van der Waals surface area contributed by atoms with Crippen molar-refractivity contribution in [3.05, 3.63) is 30.3 Å². The van der Waals surface area contributed by atoms with Crippen LogP contribution < -0.4 is 10.6 Å². The Labute approximate surface area is 248 Å². The third kappa shape index (κ3) is 9.50. The third-order valence-corrected chi connectivity index (χ3v) is 7.61. The maximum atomic E-state index is 11.2. The maximum absolute atomic E-state index is 11.2. The molecule has 2 saturated heterocycles. The van der Waals surface area contributed by atoms with Crippen LogP contribution in [0, 0.1) is 0 Å². The van der Waals surface area contributed by atoms with Gasteiger partial charge in [-0.05, 0) is 57.4 Å². The number of carbonyl (C=O) groups is 1. The summed E-state index contributed by atoms with van der Waals surface area (Å²) in [7, 11) is 0. The molecule has 3 N–H and O–H groups in total. The number of hydrogen-bond donors (Lipinski definition) is 2. The van der Waals surface area contributed by atoms with Crippen molar-refractivity contribution in [1.82, 2.24) is 15.1 Å². The average Bonchev–Trinajstić information content (AvgIpc) is 2.99. The fourth-order valence-corrected chi connectivity index (χ4v) is 5.38. The van der Waals surface area contributed by atoms with Gasteiger partial charge >= 0.3 is 5.97 Å². The minimum absolute atomic E-state index is 0.0441. The highest BCUT2D eigenvalue weighted by Gasteiger charge is 2.40. The van der Waals surface area contributed by atoms with Crippen molar-refractivity contribution < 1.29 is 33.6 Å². The van der Waals surface area contributed by atoms with Crippen molar-refractivity contribution >= 4 is 17.5 Å². The average molecular weight is 588 g/mol. The van der Waals surface area contributed by atoms with E-state index in [1.54, 1.807) is 19.1 Å². The molecule has 1 aromatic carbocycles. The summed E-state index contributed by atoms with van der Waals surface area (Å²) in [6.45, 7) is 9.89. The number of esters is 1. The molecule has 42 heavy (non-hydrogen) atoms. The van der Waals surface area contributed by atoms with E-state index in [2.05, 4.69) is 20.0 Å². The number of benzene rings is 1. The first kappa shape index (κ1) is 31.9. The molecule has 4 rings (SSSR count). The van der Waals surface area contributed by atoms with Gasteiger partial charge < -0.3 is 39.4 Å². The van der Waals surface area contributed by atoms with E-state index < -0.39 is 0 Å². The van der Waals surface area contributed by atoms with Gasteiger partial charge in [-0.1, -0.05) is 12.1 Å². The Morgan fingerprint density at radius 1 is 1.02 bits per heavy atom. The molecule has 0 bridgehead atoms. The molecule has 232 valence electrons. The largest absolute Gasteiger partial charge is 0.507 e. The standard InChI is InChI=1S/C30H45N5O7/c1-2-41-28(37)22-40-20-19-39-18-17-38-15-6-5-11-34-14-16-42-30(23-34)9-12-35(13-10-30)26-21-25(32-33-29(26)31)24-7-3-4-8-27(24)36/h3-4,7-8,21,36H,2,5-6,9-20,22-23H2,1H3,(H2,31,33). The number of nitrogen functional groups attached to an aromatic ring is 1. The van der Waals surface area contributed by atoms with Crippen LogP contribution in [-0.2, 0) is 28.5 Å². The number of unbranched alkanes of at least 4 members (excludes halogenated alkanes) is 1. The molecule has 0 amide bonds. The fraction of sp³-hybridized carbons (Fsp3) is 0.633. The zero-order valence-corrected chi connectivity index (χ0v) is 24.7. The number of phenolic OH excluding ortho intramolecular Hbond substituents is 1. The highest BCUT2D eigenvalue weighted by atomic mass is 16.6. The van der Waals surface area contributed by atoms with Crippen LogP contribution in [0.2, 0.25) is 0 Å². The summed E-state index contributed by atoms with van der Waals surface area (Å²) in [6, 6.07) is 9.03. The number of nitrogens with zero attached hydrogens (tertiary/aromatic N) is 4. The lowest BCUT2D eigenvalue weighted by Crippen LogP contribution is -2.57. The second-order valence-electron chi connectivity index (χ2n) is 10.6. The second kappa shape index (κ2) is 16.6. The van der Waals surface area contributed by atoms with E-state index >= 15 is 0 Å². The number of ether oxygens (including phenoxy) is 5. The second-order valence-corrected chi connectivity index (χ2v) is 10.6. The molecule has 12 heteroatoms. The van der Waals surface area contributed by atoms with Crippen LogP contribution >= 0.6 is 0 Å². The van der Waals surface area contributed by atoms with Crippen LogP contribution in [0.25, 0.3) is 11.3 Å². The number of carbonyl (C=O) groups excluding carboxylic acids is 1. The summed E-state index contributed by atoms with van der Waals surface area (Å²) in [5, 5.41) is 18.6. The SMILES string of the molecule is CCOC(=O)COCCOCCOCCCCN1CCOC2(CCN(c3cc(-c4ccccc4O)nnc3N)CC2)C1. The number of phenols is 1. The van der Waals surface area contributed by atoms with E-state index in [1.165, 1.54) is 0 Å². The van der Waals surface area contributed by atoms with E-state index in [0.29, 0.717) is 56.7 Å². The van der Waals surface area contributed by atoms with Crippen molar-refractivity contribution in [1.29, 1.82) is 0 Å². The Kier molecular flexibility index (Phi) is 12.6. The number of para-hydroxylation sites is 1. The Hall–Kier alpha value is -3.03. The number of morpholine rings is 1. The zero-order valence-electron chi connectivity index (χ0n) is 24.7. The predicted octanol–water partition coefficient (Wildman–Crippen LogP) is 2.50. The molecule has 0 saturated carbocycles. The van der Waals surface area contributed by atoms with Gasteiger partial charge in [-0.25, -0.2) is 4.79 Å². The number of anilines is 2. The number of nitrogens with two attached hydrogens (primary N) is 1. The Bertz CT molecular complexity index is 1110. The van der Waals surface area contributed by atoms with Gasteiger partial charge in [0.05, 0.1) is 56.6 Å². The predicted molar refractivity (Wildman–Crippen MR) is 158 cm³/mol. The number of piperidine rings is 1. The molecular weight excluding hydrogens is 542 g/mol. The maximum Gasteiger partial charge on any atom is 0.332 e. The molecular formula is C30H45N5O7. The zero-order chi connectivity index (χ0) is 29.6. The summed E-state index contributed by atoms with van der Waals surface area (Å²) < 4.78 is 27.5. The minimum atomic E-state index is -0.358. The van der Waals surface area contributed by atoms with E-state index in [9.17, 15) is 9.90 Å². The summed E-state index contributed by atoms with van der Waals surface area (Å²) in [4.78, 5) is 15.9. The van der Waals surface area contributed by atoms with E-state index in [-0.39, 0.29) is 23.9 Å². The number of hydrogen-bond acceptors (Lipinski definition) is 12. The Morgan fingerprint density at radius 3 is 2.52 bits per heavy atom. The van der Waals surface area contributed by atoms with Gasteiger partial charge in [0, 0.05) is 38.3 Å². The third-order valence-electron chi connectivity index (χ3n) is 7.61. The molecule has 0 atom stereocenters. The van der Waals surface area contributed by atoms with Crippen LogP contribution in [0.1, 0.15) is 32.6 Å². The minimum Gasteiger partial charge on any atom is -0.507 e. The molecule has 1 aromatic heterocycles. The first-order valence-corrected chi connectivity index (χ1v) is 14.9. The first-order valence-electron chi connectivity index (χ1n) is 14.9. The van der Waals surface area contributed by atoms with Gasteiger partial charge in [0.15, 0.2) is 5.82 Å². The van der Waals surface area contributed by atoms with Crippen LogP contribution in [0.3, 0.4) is 0 Å². The van der Waals surface area contributed by atoms with Crippen molar-refractivity contribution in [2.45, 2.75) is 38.2 Å². The first-order chi connectivity index (χ1) is 20.5. The molecule has 0 radical (unpaired) electrons. The van der Waals surface area contributed by atoms with Gasteiger partial charge in [0.1, 0.15) is 12.4 Å². The van der Waals surface area contributed by atoms with Gasteiger partial charge in [-0.15, -0.1) is 10.2 Å². The van der Waals surface area contributed by atoms with Crippen LogP contribution in [-0.4, -0.2) is 117 Å². The summed E-state index contributed by atoms with van der Waals surface area (Å²) in [5.41, 5.74) is 8.17. The molecule has 12 nitrogen and oxygen atoms in total. The van der Waals surface area contributed by atoms with Crippen molar-refractivity contribution in [3.8, 4) is 17.0 Å². The van der Waals surface area contributed by atoms with Crippen molar-refractivity contribution in [3.63, 3.8) is 0 Å². The lowest BCUT2D eigenvalue weighted by molar-refractivity contribution is -0.149. The van der Waals surface area contributed by atoms with Crippen molar-refractivity contribution in [2.24, 2.45) is 0 Å². The highest BCUT2D eigenvalue weighted by Crippen LogP contribution is 2.36. The molecule has 1 spiro atoms. The molecule has 0 aliphatic carbocycles. The number of aromatic hydroxyl groups is 1. The van der Waals surface area contributed by atoms with Gasteiger partial charge in [0.25, 0.3) is 0 Å². The monoisotopic (exact) mass is 587 g/mol. The van der Waals surface area contributed by atoms with Crippen LogP contribution in [0.15, 0.2) is 30.3 Å². The fourth-order valence-electron chi connectivity index (χ4n) is 5.38. The van der Waals surface area contributed by atoms with Crippen LogP contribution in [0.4, 0.5) is 11.5 Å². The summed E-state index contributed by atoms with van der Waals surface area (Å²) >= 11 is 0. The van der Waals surface area contributed by atoms with Gasteiger partial charge in [-0.2, -0.15) is 0 Å². The smallest absolute Gasteiger partial charge is 0.332 e. The molecule has 0 unspecified atom stereocenters. The highest BCUT2D eigenvalue weighted by molar-refractivity contribution is 5.74. The van der Waals surface area contributed by atoms with Gasteiger partial charge in [-0.3, -0.25) is 4.90 Å². The van der Waals surface area contributed by atoms with E-state index in [4.69, 9.17) is 29.4 Å². The molecule has 3 heterocycles. The Balaban J connectivity index is 1.10. The number of rotatable bonds is 16. The lowest BCUT2D eigenvalue weighted by Gasteiger charge is -2.48. The molecule has 2 aromatic rings. The lowest BCUT2D eigenvalue weighted by atomic mass is 9.89.